The first-order valence-corrected chi connectivity index (χ1v) is 5.36. The van der Waals surface area contributed by atoms with Crippen molar-refractivity contribution in [3.05, 3.63) is 16.9 Å². The molecule has 0 saturated carbocycles. The maximum Gasteiger partial charge on any atom is 0.402 e. The van der Waals surface area contributed by atoms with Gasteiger partial charge in [-0.2, -0.15) is 31.4 Å². The minimum Gasteiger partial charge on any atom is -0.311 e. The number of rotatable bonds is 3. The molecule has 1 aromatic rings. The second kappa shape index (κ2) is 5.20. The second-order valence-electron chi connectivity index (χ2n) is 3.83. The third kappa shape index (κ3) is 3.33. The molecule has 0 bridgehead atoms. The summed E-state index contributed by atoms with van der Waals surface area (Å²) in [5.41, 5.74) is -0.371. The van der Waals surface area contributed by atoms with E-state index in [1.165, 1.54) is 7.05 Å². The molecule has 1 N–H and O–H groups in total. The maximum atomic E-state index is 12.7. The van der Waals surface area contributed by atoms with E-state index in [1.54, 1.807) is 0 Å². The van der Waals surface area contributed by atoms with Gasteiger partial charge in [-0.25, -0.2) is 0 Å². The first kappa shape index (κ1) is 16.1. The van der Waals surface area contributed by atoms with Crippen LogP contribution in [-0.2, 0) is 7.05 Å². The molecule has 10 heteroatoms. The van der Waals surface area contributed by atoms with Gasteiger partial charge >= 0.3 is 12.4 Å². The number of aryl methyl sites for hydroxylation is 1. The second-order valence-corrected chi connectivity index (χ2v) is 4.24. The predicted molar refractivity (Wildman–Crippen MR) is 55.6 cm³/mol. The Kier molecular flexibility index (Phi) is 4.40. The van der Waals surface area contributed by atoms with Crippen LogP contribution in [0.1, 0.15) is 11.7 Å². The smallest absolute Gasteiger partial charge is 0.311 e. The highest BCUT2D eigenvalue weighted by atomic mass is 35.5. The summed E-state index contributed by atoms with van der Waals surface area (Å²) < 4.78 is 76.9. The van der Waals surface area contributed by atoms with Gasteiger partial charge in [0.2, 0.25) is 0 Å². The van der Waals surface area contributed by atoms with Gasteiger partial charge in [-0.1, -0.05) is 11.6 Å². The van der Waals surface area contributed by atoms with Gasteiger partial charge in [0.1, 0.15) is 0 Å². The van der Waals surface area contributed by atoms with Crippen molar-refractivity contribution in [2.75, 3.05) is 7.05 Å². The fourth-order valence-corrected chi connectivity index (χ4v) is 2.08. The quantitative estimate of drug-likeness (QED) is 0.870. The number of halogens is 7. The van der Waals surface area contributed by atoms with Crippen molar-refractivity contribution >= 4 is 11.6 Å². The Morgan fingerprint density at radius 3 is 1.95 bits per heavy atom. The summed E-state index contributed by atoms with van der Waals surface area (Å²) in [6.07, 6.45) is -9.93. The van der Waals surface area contributed by atoms with Crippen molar-refractivity contribution in [1.82, 2.24) is 15.1 Å². The zero-order valence-electron chi connectivity index (χ0n) is 9.77. The SMILES string of the molecule is CNC(c1c(Cl)cnn1C)C(C(F)(F)F)C(F)(F)F. The van der Waals surface area contributed by atoms with Gasteiger partial charge in [0.15, 0.2) is 5.92 Å². The number of alkyl halides is 6. The first-order valence-electron chi connectivity index (χ1n) is 4.98. The summed E-state index contributed by atoms with van der Waals surface area (Å²) in [5.74, 6) is -3.57. The standard InChI is InChI=1S/C9H10ClF6N3/c1-17-5(6-4(10)3-18-19(6)2)7(8(11,12)13)9(14,15)16/h3,5,7,17H,1-2H3. The molecule has 1 unspecified atom stereocenters. The lowest BCUT2D eigenvalue weighted by Crippen LogP contribution is -2.45. The highest BCUT2D eigenvalue weighted by Crippen LogP contribution is 2.47. The van der Waals surface area contributed by atoms with Crippen LogP contribution in [0, 0.1) is 5.92 Å². The Labute approximate surface area is 109 Å². The van der Waals surface area contributed by atoms with Gasteiger partial charge in [-0.15, -0.1) is 0 Å². The largest absolute Gasteiger partial charge is 0.402 e. The summed E-state index contributed by atoms with van der Waals surface area (Å²) in [4.78, 5) is 0. The molecule has 0 aromatic carbocycles. The fourth-order valence-electron chi connectivity index (χ4n) is 1.79. The molecule has 0 spiro atoms. The van der Waals surface area contributed by atoms with Crippen LogP contribution in [0.2, 0.25) is 5.02 Å². The van der Waals surface area contributed by atoms with E-state index in [0.717, 1.165) is 17.9 Å². The van der Waals surface area contributed by atoms with E-state index in [-0.39, 0.29) is 10.7 Å². The molecule has 1 aromatic heterocycles. The number of hydrogen-bond acceptors (Lipinski definition) is 2. The van der Waals surface area contributed by atoms with E-state index in [2.05, 4.69) is 5.10 Å². The topological polar surface area (TPSA) is 29.9 Å². The van der Waals surface area contributed by atoms with Gasteiger partial charge in [0, 0.05) is 7.05 Å². The van der Waals surface area contributed by atoms with Crippen LogP contribution in [0.4, 0.5) is 26.3 Å². The average molecular weight is 310 g/mol. The number of nitrogens with one attached hydrogen (secondary N) is 1. The molecular weight excluding hydrogens is 300 g/mol. The van der Waals surface area contributed by atoms with Crippen LogP contribution in [0.25, 0.3) is 0 Å². The molecule has 3 nitrogen and oxygen atoms in total. The highest BCUT2D eigenvalue weighted by molar-refractivity contribution is 6.31. The summed E-state index contributed by atoms with van der Waals surface area (Å²) in [5, 5.41) is 5.29. The predicted octanol–water partition coefficient (Wildman–Crippen LogP) is 3.07. The Morgan fingerprint density at radius 2 is 1.68 bits per heavy atom. The molecule has 0 aliphatic heterocycles. The van der Waals surface area contributed by atoms with Gasteiger partial charge in [0.25, 0.3) is 0 Å². The third-order valence-electron chi connectivity index (χ3n) is 2.58. The van der Waals surface area contributed by atoms with Crippen LogP contribution in [0.15, 0.2) is 6.20 Å². The van der Waals surface area contributed by atoms with Crippen LogP contribution < -0.4 is 5.32 Å². The Hall–Kier alpha value is -0.960. The number of aromatic nitrogens is 2. The highest BCUT2D eigenvalue weighted by Gasteiger charge is 2.61. The zero-order valence-corrected chi connectivity index (χ0v) is 10.5. The fraction of sp³-hybridized carbons (Fsp3) is 0.667. The van der Waals surface area contributed by atoms with Crippen LogP contribution in [0.5, 0.6) is 0 Å². The van der Waals surface area contributed by atoms with Crippen molar-refractivity contribution in [1.29, 1.82) is 0 Å². The molecule has 0 fully saturated rings. The zero-order chi connectivity index (χ0) is 15.0. The third-order valence-corrected chi connectivity index (χ3v) is 2.87. The molecule has 0 aliphatic carbocycles. The lowest BCUT2D eigenvalue weighted by molar-refractivity contribution is -0.292. The van der Waals surface area contributed by atoms with E-state index in [9.17, 15) is 26.3 Å². The van der Waals surface area contributed by atoms with Crippen LogP contribution in [0.3, 0.4) is 0 Å². The van der Waals surface area contributed by atoms with Gasteiger partial charge in [-0.3, -0.25) is 4.68 Å². The van der Waals surface area contributed by atoms with Crippen LogP contribution in [-0.4, -0.2) is 29.2 Å². The molecule has 0 saturated heterocycles. The molecular formula is C9H10ClF6N3. The van der Waals surface area contributed by atoms with E-state index in [4.69, 9.17) is 11.6 Å². The van der Waals surface area contributed by atoms with E-state index < -0.39 is 24.3 Å². The Bertz CT molecular complexity index is 405. The van der Waals surface area contributed by atoms with Gasteiger partial charge < -0.3 is 5.32 Å². The minimum atomic E-state index is -5.46. The Balaban J connectivity index is 3.34. The molecule has 1 atom stereocenters. The van der Waals surface area contributed by atoms with Crippen molar-refractivity contribution in [2.24, 2.45) is 13.0 Å². The van der Waals surface area contributed by atoms with Gasteiger partial charge in [-0.05, 0) is 7.05 Å². The Morgan fingerprint density at radius 1 is 1.21 bits per heavy atom. The van der Waals surface area contributed by atoms with Gasteiger partial charge in [0.05, 0.1) is 23.0 Å². The lowest BCUT2D eigenvalue weighted by atomic mass is 9.95. The summed E-state index contributed by atoms with van der Waals surface area (Å²) in [7, 11) is 2.22. The molecule has 110 valence electrons. The number of hydrogen-bond donors (Lipinski definition) is 1. The summed E-state index contributed by atoms with van der Waals surface area (Å²) in [6, 6.07) is -2.07. The van der Waals surface area contributed by atoms with Crippen molar-refractivity contribution in [2.45, 2.75) is 18.4 Å². The molecule has 19 heavy (non-hydrogen) atoms. The van der Waals surface area contributed by atoms with E-state index in [1.807, 2.05) is 5.32 Å². The van der Waals surface area contributed by atoms with E-state index in [0.29, 0.717) is 0 Å². The van der Waals surface area contributed by atoms with Crippen LogP contribution >= 0.6 is 11.6 Å². The molecule has 1 heterocycles. The van der Waals surface area contributed by atoms with E-state index >= 15 is 0 Å². The maximum absolute atomic E-state index is 12.7. The molecule has 0 aliphatic rings. The minimum absolute atomic E-state index is 0.264. The number of nitrogens with zero attached hydrogens (tertiary/aromatic N) is 2. The lowest BCUT2D eigenvalue weighted by Gasteiger charge is -2.30. The molecule has 0 amide bonds. The van der Waals surface area contributed by atoms with Crippen molar-refractivity contribution in [3.8, 4) is 0 Å². The summed E-state index contributed by atoms with van der Waals surface area (Å²) >= 11 is 5.60. The molecule has 0 radical (unpaired) electrons. The average Bonchev–Trinajstić information content (AvgIpc) is 2.51. The first-order chi connectivity index (χ1) is 8.50. The normalized spacial score (nSPS) is 15.1. The summed E-state index contributed by atoms with van der Waals surface area (Å²) in [6.45, 7) is 0. The monoisotopic (exact) mass is 309 g/mol. The molecule has 1 rings (SSSR count). The van der Waals surface area contributed by atoms with Crippen molar-refractivity contribution < 1.29 is 26.3 Å². The van der Waals surface area contributed by atoms with Crippen molar-refractivity contribution in [3.63, 3.8) is 0 Å².